The van der Waals surface area contributed by atoms with Gasteiger partial charge in [-0.05, 0) is 5.53 Å². The minimum absolute atomic E-state index is 0.109. The number of aliphatic hydroxyl groups excluding tert-OH is 1. The Labute approximate surface area is 57.5 Å². The molecule has 0 aliphatic heterocycles. The van der Waals surface area contributed by atoms with Crippen molar-refractivity contribution in [3.63, 3.8) is 0 Å². The molecule has 0 aliphatic carbocycles. The molecule has 0 aliphatic rings. The van der Waals surface area contributed by atoms with E-state index in [1.807, 2.05) is 0 Å². The molecule has 0 saturated heterocycles. The zero-order chi connectivity index (χ0) is 7.82. The van der Waals surface area contributed by atoms with E-state index in [9.17, 15) is 4.79 Å². The number of amides is 1. The van der Waals surface area contributed by atoms with Crippen LogP contribution < -0.4 is 5.32 Å². The van der Waals surface area contributed by atoms with Crippen molar-refractivity contribution < 1.29 is 9.90 Å². The van der Waals surface area contributed by atoms with Crippen LogP contribution in [0.25, 0.3) is 10.4 Å². The van der Waals surface area contributed by atoms with Gasteiger partial charge in [0.05, 0.1) is 6.61 Å². The summed E-state index contributed by atoms with van der Waals surface area (Å²) in [5, 5.41) is 13.5. The predicted octanol–water partition coefficient (Wildman–Crippen LogP) is -0.595. The highest BCUT2D eigenvalue weighted by molar-refractivity contribution is 5.78. The molecule has 0 radical (unpaired) electrons. The van der Waals surface area contributed by atoms with Gasteiger partial charge in [-0.15, -0.1) is 0 Å². The van der Waals surface area contributed by atoms with E-state index < -0.39 is 0 Å². The van der Waals surface area contributed by atoms with Crippen molar-refractivity contribution in [2.45, 2.75) is 0 Å². The number of hydrogen-bond acceptors (Lipinski definition) is 3. The van der Waals surface area contributed by atoms with Gasteiger partial charge in [0, 0.05) is 11.5 Å². The molecule has 0 rings (SSSR count). The summed E-state index contributed by atoms with van der Waals surface area (Å²) in [6.07, 6.45) is 0. The van der Waals surface area contributed by atoms with Crippen LogP contribution in [0.2, 0.25) is 0 Å². The van der Waals surface area contributed by atoms with Crippen LogP contribution in [0.1, 0.15) is 0 Å². The topological polar surface area (TPSA) is 98.1 Å². The fourth-order valence-corrected chi connectivity index (χ4v) is 0.347. The van der Waals surface area contributed by atoms with Gasteiger partial charge in [0.1, 0.15) is 6.54 Å². The van der Waals surface area contributed by atoms with Gasteiger partial charge >= 0.3 is 0 Å². The van der Waals surface area contributed by atoms with E-state index in [1.54, 1.807) is 0 Å². The van der Waals surface area contributed by atoms with Crippen LogP contribution in [0.5, 0.6) is 0 Å². The van der Waals surface area contributed by atoms with Gasteiger partial charge in [0.2, 0.25) is 5.91 Å². The van der Waals surface area contributed by atoms with Crippen molar-refractivity contribution in [2.75, 3.05) is 19.7 Å². The lowest BCUT2D eigenvalue weighted by Crippen LogP contribution is -2.28. The Bertz CT molecular complexity index is 151. The number of carbonyl (C=O) groups is 1. The molecule has 56 valence electrons. The standard InChI is InChI=1S/C4H8N4O2/c5-8-7-3-4(10)6-1-2-9/h9H,1-3H2,(H,6,10). The van der Waals surface area contributed by atoms with Gasteiger partial charge in [-0.2, -0.15) is 0 Å². The summed E-state index contributed by atoms with van der Waals surface area (Å²) in [6, 6.07) is 0. The molecule has 0 spiro atoms. The average molecular weight is 144 g/mol. The first-order valence-electron chi connectivity index (χ1n) is 2.69. The fraction of sp³-hybridized carbons (Fsp3) is 0.750. The van der Waals surface area contributed by atoms with Gasteiger partial charge < -0.3 is 10.4 Å². The molecule has 6 heteroatoms. The van der Waals surface area contributed by atoms with E-state index in [4.69, 9.17) is 10.6 Å². The summed E-state index contributed by atoms with van der Waals surface area (Å²) < 4.78 is 0. The summed E-state index contributed by atoms with van der Waals surface area (Å²) in [5.41, 5.74) is 7.77. The maximum atomic E-state index is 10.5. The van der Waals surface area contributed by atoms with Crippen molar-refractivity contribution in [1.82, 2.24) is 5.32 Å². The predicted molar refractivity (Wildman–Crippen MR) is 34.1 cm³/mol. The van der Waals surface area contributed by atoms with Crippen molar-refractivity contribution in [3.05, 3.63) is 10.4 Å². The van der Waals surface area contributed by atoms with Crippen LogP contribution in [0.15, 0.2) is 5.11 Å². The number of nitrogens with one attached hydrogen (secondary N) is 1. The minimum atomic E-state index is -0.383. The van der Waals surface area contributed by atoms with Crippen LogP contribution in [0.3, 0.4) is 0 Å². The Morgan fingerprint density at radius 1 is 1.80 bits per heavy atom. The SMILES string of the molecule is [N-]=[N+]=NCC(=O)NCCO. The van der Waals surface area contributed by atoms with Gasteiger partial charge in [0.15, 0.2) is 0 Å². The molecule has 0 aromatic rings. The second-order valence-electron chi connectivity index (χ2n) is 1.46. The third-order valence-electron chi connectivity index (χ3n) is 0.712. The first-order valence-corrected chi connectivity index (χ1v) is 2.69. The molecule has 0 fully saturated rings. The van der Waals surface area contributed by atoms with Gasteiger partial charge in [-0.1, -0.05) is 5.11 Å². The summed E-state index contributed by atoms with van der Waals surface area (Å²) in [6.45, 7) is -0.127. The Morgan fingerprint density at radius 2 is 2.50 bits per heavy atom. The van der Waals surface area contributed by atoms with E-state index in [1.165, 1.54) is 0 Å². The van der Waals surface area contributed by atoms with Crippen LogP contribution in [0, 0.1) is 0 Å². The Hall–Kier alpha value is -1.26. The summed E-state index contributed by atoms with van der Waals surface area (Å²) in [7, 11) is 0. The van der Waals surface area contributed by atoms with Gasteiger partial charge in [-0.25, -0.2) is 0 Å². The number of hydrogen-bond donors (Lipinski definition) is 2. The smallest absolute Gasteiger partial charge is 0.225 e. The Morgan fingerprint density at radius 3 is 3.00 bits per heavy atom. The molecule has 2 N–H and O–H groups in total. The van der Waals surface area contributed by atoms with Crippen LogP contribution in [-0.2, 0) is 4.79 Å². The highest BCUT2D eigenvalue weighted by Gasteiger charge is 1.94. The first-order chi connectivity index (χ1) is 4.81. The molecule has 0 atom stereocenters. The average Bonchev–Trinajstić information content (AvgIpc) is 1.97. The van der Waals surface area contributed by atoms with E-state index in [2.05, 4.69) is 15.3 Å². The number of carbonyl (C=O) groups excluding carboxylic acids is 1. The lowest BCUT2D eigenvalue weighted by molar-refractivity contribution is -0.119. The minimum Gasteiger partial charge on any atom is -0.395 e. The number of azide groups is 1. The molecule has 10 heavy (non-hydrogen) atoms. The van der Waals surface area contributed by atoms with Crippen molar-refractivity contribution >= 4 is 5.91 Å². The molecular formula is C4H8N4O2. The first kappa shape index (κ1) is 8.74. The number of nitrogens with zero attached hydrogens (tertiary/aromatic N) is 3. The normalized spacial score (nSPS) is 8.10. The Balaban J connectivity index is 3.34. The van der Waals surface area contributed by atoms with E-state index in [0.29, 0.717) is 0 Å². The van der Waals surface area contributed by atoms with Crippen molar-refractivity contribution in [3.8, 4) is 0 Å². The third-order valence-corrected chi connectivity index (χ3v) is 0.712. The highest BCUT2D eigenvalue weighted by atomic mass is 16.3. The van der Waals surface area contributed by atoms with Crippen molar-refractivity contribution in [1.29, 1.82) is 0 Å². The quantitative estimate of drug-likeness (QED) is 0.313. The molecule has 0 saturated carbocycles. The molecule has 6 nitrogen and oxygen atoms in total. The molecule has 0 bridgehead atoms. The molecule has 0 aromatic heterocycles. The zero-order valence-corrected chi connectivity index (χ0v) is 5.32. The fourth-order valence-electron chi connectivity index (χ4n) is 0.347. The van der Waals surface area contributed by atoms with E-state index >= 15 is 0 Å². The lowest BCUT2D eigenvalue weighted by Gasteiger charge is -1.96. The summed E-state index contributed by atoms with van der Waals surface area (Å²) in [4.78, 5) is 12.9. The maximum Gasteiger partial charge on any atom is 0.225 e. The van der Waals surface area contributed by atoms with E-state index in [-0.39, 0.29) is 25.6 Å². The second kappa shape index (κ2) is 5.87. The van der Waals surface area contributed by atoms with Gasteiger partial charge in [-0.3, -0.25) is 4.79 Å². The molecular weight excluding hydrogens is 136 g/mol. The van der Waals surface area contributed by atoms with Gasteiger partial charge in [0.25, 0.3) is 0 Å². The van der Waals surface area contributed by atoms with E-state index in [0.717, 1.165) is 0 Å². The lowest BCUT2D eigenvalue weighted by atomic mass is 10.6. The van der Waals surface area contributed by atoms with Crippen LogP contribution in [-0.4, -0.2) is 30.7 Å². The Kier molecular flexibility index (Phi) is 5.13. The molecule has 1 amide bonds. The number of aliphatic hydroxyl groups is 1. The monoisotopic (exact) mass is 144 g/mol. The zero-order valence-electron chi connectivity index (χ0n) is 5.32. The van der Waals surface area contributed by atoms with Crippen LogP contribution in [0.4, 0.5) is 0 Å². The number of rotatable bonds is 4. The molecule has 0 unspecified atom stereocenters. The largest absolute Gasteiger partial charge is 0.395 e. The molecule has 0 aromatic carbocycles. The molecule has 0 heterocycles. The summed E-state index contributed by atoms with van der Waals surface area (Å²) in [5.74, 6) is -0.383. The van der Waals surface area contributed by atoms with Crippen molar-refractivity contribution in [2.24, 2.45) is 5.11 Å². The maximum absolute atomic E-state index is 10.5. The van der Waals surface area contributed by atoms with Crippen LogP contribution >= 0.6 is 0 Å². The third kappa shape index (κ3) is 4.89. The second-order valence-corrected chi connectivity index (χ2v) is 1.46. The summed E-state index contributed by atoms with van der Waals surface area (Å²) >= 11 is 0. The highest BCUT2D eigenvalue weighted by Crippen LogP contribution is 1.70.